The Labute approximate surface area is 191 Å². The third kappa shape index (κ3) is 3.82. The zero-order valence-corrected chi connectivity index (χ0v) is 19.5. The molecule has 0 unspecified atom stereocenters. The van der Waals surface area contributed by atoms with Gasteiger partial charge in [-0.3, -0.25) is 24.1 Å². The monoisotopic (exact) mass is 540 g/mol. The van der Waals surface area contributed by atoms with Crippen LogP contribution in [0.15, 0.2) is 24.3 Å². The van der Waals surface area contributed by atoms with Crippen LogP contribution in [0.3, 0.4) is 0 Å². The topological polar surface area (TPSA) is 92.8 Å². The maximum absolute atomic E-state index is 12.8. The molecule has 2 bridgehead atoms. The number of hydrogen-bond donors (Lipinski definition) is 1. The standard InChI is InChI=1S/C21H22Br2N2O5/c1-10-3-2-4-11(7-10)24-14(26)9-30-15(27)5-6-25-20(28)16-12-8-13(17(16)21(25)29)19(23)18(12)22/h2-4,7,12-13,16-19H,5-6,8-9H2,1H3,(H,24,26)/t12-,13-,16-,17+,18-,19+/m1/s1. The number of nitrogens with one attached hydrogen (secondary N) is 1. The SMILES string of the molecule is Cc1cccc(NC(=O)COC(=O)CCN2C(=O)[C@@H]3[C@H]4C[C@@H]([C@H](Br)[C@@H]4Br)[C@@H]3C2=O)c1. The summed E-state index contributed by atoms with van der Waals surface area (Å²) >= 11 is 7.29. The number of anilines is 1. The van der Waals surface area contributed by atoms with Gasteiger partial charge in [0.1, 0.15) is 0 Å². The maximum atomic E-state index is 12.8. The number of rotatable bonds is 6. The first kappa shape index (κ1) is 21.5. The Balaban J connectivity index is 1.26. The number of nitrogens with zero attached hydrogens (tertiary/aromatic N) is 1. The van der Waals surface area contributed by atoms with Crippen molar-refractivity contribution in [2.45, 2.75) is 29.4 Å². The third-order valence-electron chi connectivity index (χ3n) is 6.28. The lowest BCUT2D eigenvalue weighted by molar-refractivity contribution is -0.149. The molecular formula is C21H22Br2N2O5. The smallest absolute Gasteiger partial charge is 0.308 e. The summed E-state index contributed by atoms with van der Waals surface area (Å²) in [5.41, 5.74) is 1.63. The van der Waals surface area contributed by atoms with E-state index in [9.17, 15) is 19.2 Å². The van der Waals surface area contributed by atoms with Crippen LogP contribution in [0, 0.1) is 30.6 Å². The number of fused-ring (bicyclic) bond motifs is 5. The summed E-state index contributed by atoms with van der Waals surface area (Å²) in [6, 6.07) is 7.28. The second-order valence-electron chi connectivity index (χ2n) is 8.16. The quantitative estimate of drug-likeness (QED) is 0.339. The van der Waals surface area contributed by atoms with Crippen LogP contribution in [0.4, 0.5) is 5.69 Å². The fourth-order valence-electron chi connectivity index (χ4n) is 4.97. The van der Waals surface area contributed by atoms with Gasteiger partial charge in [-0.05, 0) is 42.9 Å². The molecule has 1 aliphatic heterocycles. The lowest BCUT2D eigenvalue weighted by Crippen LogP contribution is -2.37. The lowest BCUT2D eigenvalue weighted by Gasteiger charge is -2.28. The molecule has 0 radical (unpaired) electrons. The first-order valence-electron chi connectivity index (χ1n) is 9.93. The summed E-state index contributed by atoms with van der Waals surface area (Å²) in [4.78, 5) is 51.2. The lowest BCUT2D eigenvalue weighted by atomic mass is 9.81. The minimum Gasteiger partial charge on any atom is -0.456 e. The molecule has 1 heterocycles. The van der Waals surface area contributed by atoms with Gasteiger partial charge in [0.15, 0.2) is 6.61 Å². The average molecular weight is 542 g/mol. The molecule has 1 N–H and O–H groups in total. The molecule has 1 aromatic rings. The summed E-state index contributed by atoms with van der Waals surface area (Å²) < 4.78 is 5.00. The van der Waals surface area contributed by atoms with Crippen molar-refractivity contribution in [3.63, 3.8) is 0 Å². The minimum atomic E-state index is -0.619. The number of carbonyl (C=O) groups excluding carboxylic acids is 4. The molecule has 4 rings (SSSR count). The van der Waals surface area contributed by atoms with Crippen molar-refractivity contribution in [1.82, 2.24) is 4.90 Å². The van der Waals surface area contributed by atoms with E-state index in [1.54, 1.807) is 6.07 Å². The highest BCUT2D eigenvalue weighted by Gasteiger charge is 2.66. The molecule has 2 saturated carbocycles. The van der Waals surface area contributed by atoms with Gasteiger partial charge in [-0.2, -0.15) is 0 Å². The van der Waals surface area contributed by atoms with Crippen molar-refractivity contribution >= 4 is 61.2 Å². The van der Waals surface area contributed by atoms with Gasteiger partial charge in [-0.1, -0.05) is 44.0 Å². The van der Waals surface area contributed by atoms with Gasteiger partial charge in [-0.25, -0.2) is 0 Å². The van der Waals surface area contributed by atoms with Crippen LogP contribution in [0.5, 0.6) is 0 Å². The van der Waals surface area contributed by atoms with Gasteiger partial charge in [0.2, 0.25) is 11.8 Å². The summed E-state index contributed by atoms with van der Waals surface area (Å²) in [6.07, 6.45) is 0.740. The van der Waals surface area contributed by atoms with Crippen LogP contribution < -0.4 is 5.32 Å². The van der Waals surface area contributed by atoms with E-state index < -0.39 is 18.5 Å². The van der Waals surface area contributed by atoms with Crippen LogP contribution in [-0.2, 0) is 23.9 Å². The van der Waals surface area contributed by atoms with Crippen LogP contribution in [0.25, 0.3) is 0 Å². The van der Waals surface area contributed by atoms with Gasteiger partial charge in [0.25, 0.3) is 5.91 Å². The number of likely N-dealkylation sites (tertiary alicyclic amines) is 1. The van der Waals surface area contributed by atoms with Crippen LogP contribution in [0.1, 0.15) is 18.4 Å². The molecule has 0 spiro atoms. The van der Waals surface area contributed by atoms with Gasteiger partial charge >= 0.3 is 5.97 Å². The fraction of sp³-hybridized carbons (Fsp3) is 0.524. The van der Waals surface area contributed by atoms with Crippen molar-refractivity contribution in [2.24, 2.45) is 23.7 Å². The molecule has 3 aliphatic rings. The predicted octanol–water partition coefficient (Wildman–Crippen LogP) is 2.64. The Morgan fingerprint density at radius 3 is 2.37 bits per heavy atom. The van der Waals surface area contributed by atoms with Crippen LogP contribution >= 0.6 is 31.9 Å². The number of ether oxygens (including phenoxy) is 1. The number of imide groups is 1. The predicted molar refractivity (Wildman–Crippen MR) is 116 cm³/mol. The van der Waals surface area contributed by atoms with E-state index in [1.165, 1.54) is 4.90 Å². The number of halogens is 2. The highest BCUT2D eigenvalue weighted by molar-refractivity contribution is 9.12. The zero-order chi connectivity index (χ0) is 21.6. The Bertz CT molecular complexity index is 875. The number of benzene rings is 1. The molecule has 160 valence electrons. The van der Waals surface area contributed by atoms with E-state index in [1.807, 2.05) is 25.1 Å². The molecule has 2 aliphatic carbocycles. The number of amides is 3. The number of esters is 1. The summed E-state index contributed by atoms with van der Waals surface area (Å²) in [7, 11) is 0. The van der Waals surface area contributed by atoms with Crippen molar-refractivity contribution in [3.8, 4) is 0 Å². The van der Waals surface area contributed by atoms with E-state index in [0.29, 0.717) is 5.69 Å². The van der Waals surface area contributed by atoms with E-state index in [0.717, 1.165) is 12.0 Å². The van der Waals surface area contributed by atoms with Gasteiger partial charge in [0.05, 0.1) is 18.3 Å². The first-order chi connectivity index (χ1) is 14.3. The number of aryl methyl sites for hydroxylation is 1. The average Bonchev–Trinajstić information content (AvgIpc) is 3.30. The molecule has 30 heavy (non-hydrogen) atoms. The Morgan fingerprint density at radius 1 is 1.13 bits per heavy atom. The van der Waals surface area contributed by atoms with E-state index in [4.69, 9.17) is 4.74 Å². The number of carbonyl (C=O) groups is 4. The summed E-state index contributed by atoms with van der Waals surface area (Å²) in [6.45, 7) is 1.48. The fourth-order valence-corrected chi connectivity index (χ4v) is 6.85. The van der Waals surface area contributed by atoms with Gasteiger partial charge < -0.3 is 10.1 Å². The second-order valence-corrected chi connectivity index (χ2v) is 10.3. The van der Waals surface area contributed by atoms with Crippen molar-refractivity contribution in [2.75, 3.05) is 18.5 Å². The van der Waals surface area contributed by atoms with Gasteiger partial charge in [0, 0.05) is 21.9 Å². The third-order valence-corrected chi connectivity index (χ3v) is 9.49. The highest BCUT2D eigenvalue weighted by Crippen LogP contribution is 2.60. The molecule has 0 aromatic heterocycles. The highest BCUT2D eigenvalue weighted by atomic mass is 79.9. The zero-order valence-electron chi connectivity index (χ0n) is 16.3. The molecule has 1 saturated heterocycles. The van der Waals surface area contributed by atoms with Gasteiger partial charge in [-0.15, -0.1) is 0 Å². The Kier molecular flexibility index (Phi) is 6.03. The first-order valence-corrected chi connectivity index (χ1v) is 11.8. The maximum Gasteiger partial charge on any atom is 0.308 e. The molecule has 3 amide bonds. The number of alkyl halides is 2. The van der Waals surface area contributed by atoms with Crippen molar-refractivity contribution in [1.29, 1.82) is 0 Å². The molecule has 6 atom stereocenters. The minimum absolute atomic E-state index is 0.0116. The molecular weight excluding hydrogens is 520 g/mol. The molecule has 1 aromatic carbocycles. The van der Waals surface area contributed by atoms with E-state index in [2.05, 4.69) is 37.2 Å². The van der Waals surface area contributed by atoms with Crippen LogP contribution in [0.2, 0.25) is 0 Å². The Hall–Kier alpha value is -1.74. The van der Waals surface area contributed by atoms with E-state index in [-0.39, 0.29) is 58.1 Å². The molecule has 9 heteroatoms. The largest absolute Gasteiger partial charge is 0.456 e. The molecule has 7 nitrogen and oxygen atoms in total. The van der Waals surface area contributed by atoms with Crippen molar-refractivity contribution < 1.29 is 23.9 Å². The normalized spacial score (nSPS) is 31.8. The molecule has 3 fully saturated rings. The number of hydrogen-bond acceptors (Lipinski definition) is 5. The summed E-state index contributed by atoms with van der Waals surface area (Å²) in [5.74, 6) is -1.75. The Morgan fingerprint density at radius 2 is 1.77 bits per heavy atom. The van der Waals surface area contributed by atoms with Crippen LogP contribution in [-0.4, -0.2) is 51.4 Å². The van der Waals surface area contributed by atoms with Crippen molar-refractivity contribution in [3.05, 3.63) is 29.8 Å². The summed E-state index contributed by atoms with van der Waals surface area (Å²) in [5, 5.41) is 2.66. The second kappa shape index (κ2) is 8.42. The van der Waals surface area contributed by atoms with E-state index >= 15 is 0 Å².